The van der Waals surface area contributed by atoms with Crippen LogP contribution in [-0.4, -0.2) is 23.6 Å². The van der Waals surface area contributed by atoms with Crippen LogP contribution in [0.4, 0.5) is 17.2 Å². The summed E-state index contributed by atoms with van der Waals surface area (Å²) in [6.07, 6.45) is 1.45. The molecule has 0 spiro atoms. The van der Waals surface area contributed by atoms with Gasteiger partial charge in [0.25, 0.3) is 0 Å². The minimum absolute atomic E-state index is 0.324. The number of benzene rings is 2. The number of nitrogens with zero attached hydrogens (tertiary/aromatic N) is 3. The minimum Gasteiger partial charge on any atom is -0.497 e. The fraction of sp³-hybridized carbons (Fsp3) is 0.158. The Bertz CT molecular complexity index is 823. The predicted molar refractivity (Wildman–Crippen MR) is 98.6 cm³/mol. The number of aromatic nitrogens is 2. The summed E-state index contributed by atoms with van der Waals surface area (Å²) in [5, 5.41) is 0. The summed E-state index contributed by atoms with van der Waals surface area (Å²) in [4.78, 5) is 10.5. The highest BCUT2D eigenvalue weighted by Gasteiger charge is 2.16. The maximum atomic E-state index is 6.28. The Morgan fingerprint density at radius 1 is 0.960 bits per heavy atom. The molecule has 2 aromatic carbocycles. The van der Waals surface area contributed by atoms with Crippen molar-refractivity contribution in [2.75, 3.05) is 24.3 Å². The molecule has 0 saturated heterocycles. The molecule has 6 heteroatoms. The van der Waals surface area contributed by atoms with Gasteiger partial charge in [0.05, 0.1) is 7.11 Å². The van der Waals surface area contributed by atoms with E-state index in [1.54, 1.807) is 19.2 Å². The number of anilines is 3. The summed E-state index contributed by atoms with van der Waals surface area (Å²) in [5.74, 6) is 2.32. The van der Waals surface area contributed by atoms with Gasteiger partial charge in [-0.05, 0) is 43.3 Å². The van der Waals surface area contributed by atoms with Gasteiger partial charge in [0.15, 0.2) is 5.82 Å². The predicted octanol–water partition coefficient (Wildman–Crippen LogP) is 4.02. The van der Waals surface area contributed by atoms with Crippen molar-refractivity contribution in [3.8, 4) is 17.4 Å². The lowest BCUT2D eigenvalue weighted by atomic mass is 10.2. The number of hydrogen-bond acceptors (Lipinski definition) is 6. The second-order valence-electron chi connectivity index (χ2n) is 5.27. The molecule has 3 aromatic rings. The first-order chi connectivity index (χ1) is 12.2. The number of ether oxygens (including phenoxy) is 2. The number of rotatable bonds is 6. The first-order valence-electron chi connectivity index (χ1n) is 7.98. The third-order valence-corrected chi connectivity index (χ3v) is 3.74. The van der Waals surface area contributed by atoms with Crippen molar-refractivity contribution in [3.05, 3.63) is 60.9 Å². The van der Waals surface area contributed by atoms with Crippen molar-refractivity contribution < 1.29 is 9.47 Å². The zero-order chi connectivity index (χ0) is 17.6. The fourth-order valence-corrected chi connectivity index (χ4v) is 2.49. The Morgan fingerprint density at radius 2 is 1.64 bits per heavy atom. The summed E-state index contributed by atoms with van der Waals surface area (Å²) >= 11 is 0. The summed E-state index contributed by atoms with van der Waals surface area (Å²) < 4.78 is 11.0. The van der Waals surface area contributed by atoms with Gasteiger partial charge in [0.1, 0.15) is 23.5 Å². The molecule has 128 valence electrons. The summed E-state index contributed by atoms with van der Waals surface area (Å²) in [5.41, 5.74) is 7.68. The van der Waals surface area contributed by atoms with E-state index in [0.29, 0.717) is 29.7 Å². The lowest BCUT2D eigenvalue weighted by Gasteiger charge is -2.23. The second-order valence-corrected chi connectivity index (χ2v) is 5.27. The molecule has 0 radical (unpaired) electrons. The van der Waals surface area contributed by atoms with Gasteiger partial charge in [-0.2, -0.15) is 4.98 Å². The number of methoxy groups -OCH3 is 1. The SMILES string of the molecule is CCN(c1ccccc1)c1ncnc(Oc2ccc(OC)cc2)c1N. The van der Waals surface area contributed by atoms with Crippen LogP contribution in [0, 0.1) is 0 Å². The molecule has 0 fully saturated rings. The average Bonchev–Trinajstić information content (AvgIpc) is 2.67. The normalized spacial score (nSPS) is 10.3. The van der Waals surface area contributed by atoms with Gasteiger partial charge in [0, 0.05) is 12.2 Å². The van der Waals surface area contributed by atoms with E-state index in [-0.39, 0.29) is 0 Å². The average molecular weight is 336 g/mol. The lowest BCUT2D eigenvalue weighted by Crippen LogP contribution is -2.19. The van der Waals surface area contributed by atoms with E-state index < -0.39 is 0 Å². The molecule has 0 aliphatic rings. The van der Waals surface area contributed by atoms with E-state index in [1.807, 2.05) is 54.3 Å². The van der Waals surface area contributed by atoms with Crippen molar-refractivity contribution in [2.45, 2.75) is 6.92 Å². The smallest absolute Gasteiger partial charge is 0.248 e. The molecule has 3 rings (SSSR count). The van der Waals surface area contributed by atoms with E-state index in [0.717, 1.165) is 11.4 Å². The maximum absolute atomic E-state index is 6.28. The van der Waals surface area contributed by atoms with Crippen LogP contribution in [0.5, 0.6) is 17.4 Å². The van der Waals surface area contributed by atoms with E-state index >= 15 is 0 Å². The molecule has 0 unspecified atom stereocenters. The third kappa shape index (κ3) is 3.63. The highest BCUT2D eigenvalue weighted by Crippen LogP contribution is 2.34. The van der Waals surface area contributed by atoms with Crippen LogP contribution in [0.15, 0.2) is 60.9 Å². The van der Waals surface area contributed by atoms with Gasteiger partial charge in [-0.15, -0.1) is 0 Å². The number of para-hydroxylation sites is 1. The summed E-state index contributed by atoms with van der Waals surface area (Å²) in [6.45, 7) is 2.76. The van der Waals surface area contributed by atoms with Crippen molar-refractivity contribution in [1.29, 1.82) is 0 Å². The number of nitrogen functional groups attached to an aromatic ring is 1. The van der Waals surface area contributed by atoms with E-state index in [9.17, 15) is 0 Å². The first kappa shape index (κ1) is 16.6. The lowest BCUT2D eigenvalue weighted by molar-refractivity contribution is 0.412. The van der Waals surface area contributed by atoms with Crippen LogP contribution >= 0.6 is 0 Å². The molecule has 2 N–H and O–H groups in total. The second kappa shape index (κ2) is 7.53. The molecular formula is C19H20N4O2. The molecule has 1 heterocycles. The number of nitrogens with two attached hydrogens (primary N) is 1. The van der Waals surface area contributed by atoms with Gasteiger partial charge in [-0.1, -0.05) is 18.2 Å². The van der Waals surface area contributed by atoms with Crippen molar-refractivity contribution in [3.63, 3.8) is 0 Å². The summed E-state index contributed by atoms with van der Waals surface area (Å²) in [6, 6.07) is 17.2. The van der Waals surface area contributed by atoms with Crippen LogP contribution in [0.1, 0.15) is 6.92 Å². The Balaban J connectivity index is 1.91. The van der Waals surface area contributed by atoms with E-state index in [4.69, 9.17) is 15.2 Å². The summed E-state index contributed by atoms with van der Waals surface area (Å²) in [7, 11) is 1.62. The van der Waals surface area contributed by atoms with Crippen LogP contribution < -0.4 is 20.1 Å². The zero-order valence-corrected chi connectivity index (χ0v) is 14.2. The maximum Gasteiger partial charge on any atom is 0.248 e. The molecule has 6 nitrogen and oxygen atoms in total. The van der Waals surface area contributed by atoms with Crippen LogP contribution in [0.2, 0.25) is 0 Å². The highest BCUT2D eigenvalue weighted by atomic mass is 16.5. The Labute approximate surface area is 146 Å². The Kier molecular flexibility index (Phi) is 4.99. The molecule has 1 aromatic heterocycles. The molecule has 0 aliphatic heterocycles. The van der Waals surface area contributed by atoms with Gasteiger partial charge in [-0.25, -0.2) is 4.98 Å². The fourth-order valence-electron chi connectivity index (χ4n) is 2.49. The van der Waals surface area contributed by atoms with Gasteiger partial charge in [-0.3, -0.25) is 0 Å². The van der Waals surface area contributed by atoms with Crippen LogP contribution in [-0.2, 0) is 0 Å². The van der Waals surface area contributed by atoms with Crippen molar-refractivity contribution >= 4 is 17.2 Å². The van der Waals surface area contributed by atoms with Crippen LogP contribution in [0.25, 0.3) is 0 Å². The highest BCUT2D eigenvalue weighted by molar-refractivity contribution is 5.74. The largest absolute Gasteiger partial charge is 0.497 e. The van der Waals surface area contributed by atoms with E-state index in [1.165, 1.54) is 6.33 Å². The van der Waals surface area contributed by atoms with Crippen molar-refractivity contribution in [2.24, 2.45) is 0 Å². The molecule has 0 saturated carbocycles. The van der Waals surface area contributed by atoms with Crippen molar-refractivity contribution in [1.82, 2.24) is 9.97 Å². The molecule has 25 heavy (non-hydrogen) atoms. The zero-order valence-electron chi connectivity index (χ0n) is 14.2. The van der Waals surface area contributed by atoms with Gasteiger partial charge in [0.2, 0.25) is 5.88 Å². The van der Waals surface area contributed by atoms with E-state index in [2.05, 4.69) is 9.97 Å². The van der Waals surface area contributed by atoms with Crippen LogP contribution in [0.3, 0.4) is 0 Å². The molecule has 0 amide bonds. The van der Waals surface area contributed by atoms with Gasteiger partial charge < -0.3 is 20.1 Å². The molecular weight excluding hydrogens is 316 g/mol. The number of hydrogen-bond donors (Lipinski definition) is 1. The molecule has 0 bridgehead atoms. The third-order valence-electron chi connectivity index (χ3n) is 3.74. The molecule has 0 atom stereocenters. The molecule has 0 aliphatic carbocycles. The van der Waals surface area contributed by atoms with Gasteiger partial charge >= 0.3 is 0 Å². The monoisotopic (exact) mass is 336 g/mol. The quantitative estimate of drug-likeness (QED) is 0.733. The topological polar surface area (TPSA) is 73.5 Å². The standard InChI is InChI=1S/C19H20N4O2/c1-3-23(14-7-5-4-6-8-14)18-17(20)19(22-13-21-18)25-16-11-9-15(24-2)10-12-16/h4-13H,3,20H2,1-2H3. The Hall–Kier alpha value is -3.28. The Morgan fingerprint density at radius 3 is 2.28 bits per heavy atom. The minimum atomic E-state index is 0.324. The first-order valence-corrected chi connectivity index (χ1v) is 7.98.